The summed E-state index contributed by atoms with van der Waals surface area (Å²) in [6, 6.07) is 13.8. The van der Waals surface area contributed by atoms with Crippen molar-refractivity contribution >= 4 is 16.9 Å². The number of hydrazine groups is 1. The van der Waals surface area contributed by atoms with Gasteiger partial charge in [-0.05, 0) is 37.1 Å². The highest BCUT2D eigenvalue weighted by atomic mass is 16.2. The van der Waals surface area contributed by atoms with Crippen molar-refractivity contribution in [2.45, 2.75) is 31.3 Å². The van der Waals surface area contributed by atoms with Gasteiger partial charge in [-0.15, -0.1) is 0 Å². The Morgan fingerprint density at radius 3 is 2.89 bits per heavy atom. The predicted molar refractivity (Wildman–Crippen MR) is 104 cm³/mol. The summed E-state index contributed by atoms with van der Waals surface area (Å²) in [6.45, 7) is 0.633. The number of carbonyl (C=O) groups excluding carboxylic acids is 1. The third-order valence-corrected chi connectivity index (χ3v) is 5.02. The van der Waals surface area contributed by atoms with Crippen LogP contribution in [0.5, 0.6) is 0 Å². The summed E-state index contributed by atoms with van der Waals surface area (Å²) in [7, 11) is 2.04. The number of amides is 1. The molecule has 0 aliphatic carbocycles. The van der Waals surface area contributed by atoms with E-state index in [1.807, 2.05) is 43.4 Å². The van der Waals surface area contributed by atoms with Crippen LogP contribution >= 0.6 is 0 Å². The molecular weight excluding hydrogens is 340 g/mol. The molecule has 2 unspecified atom stereocenters. The van der Waals surface area contributed by atoms with Gasteiger partial charge in [0.25, 0.3) is 0 Å². The summed E-state index contributed by atoms with van der Waals surface area (Å²) in [4.78, 5) is 21.4. The molecule has 7 nitrogen and oxygen atoms in total. The fraction of sp³-hybridized carbons (Fsp3) is 0.350. The van der Waals surface area contributed by atoms with Crippen molar-refractivity contribution in [1.82, 2.24) is 30.7 Å². The molecule has 0 radical (unpaired) electrons. The van der Waals surface area contributed by atoms with Crippen LogP contribution in [-0.4, -0.2) is 33.0 Å². The average molecular weight is 364 g/mol. The topological polar surface area (TPSA) is 83.9 Å². The molecule has 27 heavy (non-hydrogen) atoms. The first kappa shape index (κ1) is 17.6. The summed E-state index contributed by atoms with van der Waals surface area (Å²) in [5.74, 6) is 1.06. The highest BCUT2D eigenvalue weighted by Crippen LogP contribution is 2.20. The molecule has 1 aromatic carbocycles. The number of hydrogen-bond acceptors (Lipinski definition) is 5. The SMILES string of the molecule is Cn1c(CCCNC(=O)C2CC(c3ccccn3)NN2)nc2ccccc21. The minimum Gasteiger partial charge on any atom is -0.355 e. The van der Waals surface area contributed by atoms with Gasteiger partial charge in [0, 0.05) is 26.2 Å². The van der Waals surface area contributed by atoms with Gasteiger partial charge in [-0.2, -0.15) is 0 Å². The quantitative estimate of drug-likeness (QED) is 0.579. The number of fused-ring (bicyclic) bond motifs is 1. The van der Waals surface area contributed by atoms with Crippen LogP contribution < -0.4 is 16.2 Å². The first-order chi connectivity index (χ1) is 13.2. The van der Waals surface area contributed by atoms with Gasteiger partial charge in [-0.3, -0.25) is 9.78 Å². The lowest BCUT2D eigenvalue weighted by Gasteiger charge is -2.10. The lowest BCUT2D eigenvalue weighted by atomic mass is 10.1. The fourth-order valence-electron chi connectivity index (χ4n) is 3.50. The molecule has 0 saturated carbocycles. The average Bonchev–Trinajstić information content (AvgIpc) is 3.32. The maximum atomic E-state index is 12.4. The van der Waals surface area contributed by atoms with Crippen LogP contribution in [0.3, 0.4) is 0 Å². The molecule has 1 aliphatic heterocycles. The number of aromatic nitrogens is 3. The zero-order valence-corrected chi connectivity index (χ0v) is 15.4. The Bertz CT molecular complexity index is 923. The van der Waals surface area contributed by atoms with Crippen LogP contribution in [0.2, 0.25) is 0 Å². The number of carbonyl (C=O) groups is 1. The van der Waals surface area contributed by atoms with Crippen molar-refractivity contribution in [3.63, 3.8) is 0 Å². The molecular formula is C20H24N6O. The Hall–Kier alpha value is -2.77. The fourth-order valence-corrected chi connectivity index (χ4v) is 3.50. The summed E-state index contributed by atoms with van der Waals surface area (Å²) < 4.78 is 2.12. The molecule has 1 aliphatic rings. The first-order valence-corrected chi connectivity index (χ1v) is 9.32. The second-order valence-electron chi connectivity index (χ2n) is 6.85. The Kier molecular flexibility index (Phi) is 5.13. The Morgan fingerprint density at radius 1 is 1.22 bits per heavy atom. The van der Waals surface area contributed by atoms with Crippen LogP contribution in [0.15, 0.2) is 48.7 Å². The van der Waals surface area contributed by atoms with Crippen molar-refractivity contribution in [3.05, 3.63) is 60.2 Å². The third kappa shape index (κ3) is 3.84. The van der Waals surface area contributed by atoms with E-state index < -0.39 is 0 Å². The van der Waals surface area contributed by atoms with Crippen molar-refractivity contribution < 1.29 is 4.79 Å². The number of nitrogens with zero attached hydrogens (tertiary/aromatic N) is 3. The van der Waals surface area contributed by atoms with E-state index in [-0.39, 0.29) is 18.0 Å². The molecule has 1 amide bonds. The van der Waals surface area contributed by atoms with E-state index in [0.717, 1.165) is 35.4 Å². The van der Waals surface area contributed by atoms with Gasteiger partial charge >= 0.3 is 0 Å². The van der Waals surface area contributed by atoms with Crippen LogP contribution in [0.25, 0.3) is 11.0 Å². The van der Waals surface area contributed by atoms with E-state index in [1.165, 1.54) is 0 Å². The zero-order valence-electron chi connectivity index (χ0n) is 15.4. The van der Waals surface area contributed by atoms with Crippen molar-refractivity contribution in [2.24, 2.45) is 7.05 Å². The summed E-state index contributed by atoms with van der Waals surface area (Å²) >= 11 is 0. The molecule has 0 bridgehead atoms. The molecule has 1 saturated heterocycles. The van der Waals surface area contributed by atoms with Gasteiger partial charge in [0.1, 0.15) is 11.9 Å². The minimum atomic E-state index is -0.243. The standard InChI is InChI=1S/C20H24N6O/c1-26-18-9-3-2-8-15(18)23-19(26)10-6-12-22-20(27)17-13-16(24-25-17)14-7-4-5-11-21-14/h2-5,7-9,11,16-17,24-25H,6,10,12-13H2,1H3,(H,22,27). The predicted octanol–water partition coefficient (Wildman–Crippen LogP) is 1.62. The van der Waals surface area contributed by atoms with Crippen LogP contribution in [0, 0.1) is 0 Å². The second kappa shape index (κ2) is 7.85. The van der Waals surface area contributed by atoms with Crippen LogP contribution in [0.1, 0.15) is 30.4 Å². The molecule has 4 rings (SSSR count). The molecule has 2 aromatic heterocycles. The number of para-hydroxylation sites is 2. The number of hydrogen-bond donors (Lipinski definition) is 3. The highest BCUT2D eigenvalue weighted by Gasteiger charge is 2.30. The van der Waals surface area contributed by atoms with E-state index in [0.29, 0.717) is 13.0 Å². The molecule has 1 fully saturated rings. The smallest absolute Gasteiger partial charge is 0.238 e. The van der Waals surface area contributed by atoms with Crippen molar-refractivity contribution in [1.29, 1.82) is 0 Å². The maximum absolute atomic E-state index is 12.4. The largest absolute Gasteiger partial charge is 0.355 e. The molecule has 0 spiro atoms. The summed E-state index contributed by atoms with van der Waals surface area (Å²) in [5, 5.41) is 3.02. The van der Waals surface area contributed by atoms with Gasteiger partial charge in [-0.1, -0.05) is 18.2 Å². The molecule has 3 aromatic rings. The molecule has 3 N–H and O–H groups in total. The van der Waals surface area contributed by atoms with Crippen LogP contribution in [-0.2, 0) is 18.3 Å². The van der Waals surface area contributed by atoms with E-state index >= 15 is 0 Å². The Morgan fingerprint density at radius 2 is 2.07 bits per heavy atom. The summed E-state index contributed by atoms with van der Waals surface area (Å²) in [6.07, 6.45) is 4.14. The lowest BCUT2D eigenvalue weighted by molar-refractivity contribution is -0.122. The molecule has 3 heterocycles. The molecule has 140 valence electrons. The lowest BCUT2D eigenvalue weighted by Crippen LogP contribution is -2.43. The number of imidazole rings is 1. The monoisotopic (exact) mass is 364 g/mol. The van der Waals surface area contributed by atoms with Gasteiger partial charge in [0.15, 0.2) is 0 Å². The Balaban J connectivity index is 1.24. The number of benzene rings is 1. The maximum Gasteiger partial charge on any atom is 0.238 e. The first-order valence-electron chi connectivity index (χ1n) is 9.32. The number of pyridine rings is 1. The summed E-state index contributed by atoms with van der Waals surface area (Å²) in [5.41, 5.74) is 9.33. The van der Waals surface area contributed by atoms with Crippen molar-refractivity contribution in [2.75, 3.05) is 6.54 Å². The number of nitrogens with one attached hydrogen (secondary N) is 3. The van der Waals surface area contributed by atoms with Crippen LogP contribution in [0.4, 0.5) is 0 Å². The van der Waals surface area contributed by atoms with E-state index in [1.54, 1.807) is 6.20 Å². The normalized spacial score (nSPS) is 19.4. The Labute approximate surface area is 158 Å². The van der Waals surface area contributed by atoms with E-state index in [9.17, 15) is 4.79 Å². The number of rotatable bonds is 6. The molecule has 7 heteroatoms. The number of aryl methyl sites for hydroxylation is 2. The van der Waals surface area contributed by atoms with E-state index in [4.69, 9.17) is 0 Å². The minimum absolute atomic E-state index is 0.0194. The van der Waals surface area contributed by atoms with Gasteiger partial charge in [0.05, 0.1) is 22.8 Å². The molecule has 2 atom stereocenters. The highest BCUT2D eigenvalue weighted by molar-refractivity contribution is 5.82. The van der Waals surface area contributed by atoms with Crippen molar-refractivity contribution in [3.8, 4) is 0 Å². The van der Waals surface area contributed by atoms with Gasteiger partial charge < -0.3 is 9.88 Å². The zero-order chi connectivity index (χ0) is 18.6. The van der Waals surface area contributed by atoms with E-state index in [2.05, 4.69) is 36.8 Å². The third-order valence-electron chi connectivity index (χ3n) is 5.02. The second-order valence-corrected chi connectivity index (χ2v) is 6.85. The van der Waals surface area contributed by atoms with Gasteiger partial charge in [0.2, 0.25) is 5.91 Å². The van der Waals surface area contributed by atoms with Gasteiger partial charge in [-0.25, -0.2) is 15.8 Å².